The van der Waals surface area contributed by atoms with Crippen LogP contribution in [0.2, 0.25) is 0 Å². The zero-order chi connectivity index (χ0) is 19.2. The Labute approximate surface area is 167 Å². The van der Waals surface area contributed by atoms with Gasteiger partial charge in [-0.05, 0) is 82.7 Å². The van der Waals surface area contributed by atoms with Crippen LogP contribution in [0.3, 0.4) is 0 Å². The maximum Gasteiger partial charge on any atom is 0.321 e. The van der Waals surface area contributed by atoms with Gasteiger partial charge in [-0.3, -0.25) is 4.98 Å². The number of nitrogens with one attached hydrogen (secondary N) is 1. The second-order valence-corrected chi connectivity index (χ2v) is 7.93. The number of pyridine rings is 1. The minimum absolute atomic E-state index is 0.00200. The Hall–Kier alpha value is -2.18. The van der Waals surface area contributed by atoms with Crippen LogP contribution in [0.1, 0.15) is 25.7 Å². The van der Waals surface area contributed by atoms with E-state index in [1.807, 2.05) is 35.2 Å². The van der Waals surface area contributed by atoms with Crippen molar-refractivity contribution >= 4 is 22.6 Å². The van der Waals surface area contributed by atoms with E-state index in [1.54, 1.807) is 6.20 Å². The lowest BCUT2D eigenvalue weighted by Gasteiger charge is -2.23. The molecule has 2 aliphatic rings. The van der Waals surface area contributed by atoms with Gasteiger partial charge >= 0.3 is 6.03 Å². The molecule has 0 radical (unpaired) electrons. The fourth-order valence-electron chi connectivity index (χ4n) is 4.28. The smallest absolute Gasteiger partial charge is 0.321 e. The van der Waals surface area contributed by atoms with E-state index in [0.717, 1.165) is 55.7 Å². The molecule has 3 heterocycles. The number of rotatable bonds is 5. The van der Waals surface area contributed by atoms with Crippen molar-refractivity contribution in [3.8, 4) is 0 Å². The lowest BCUT2D eigenvalue weighted by Crippen LogP contribution is -2.38. The molecule has 0 aliphatic carbocycles. The number of benzene rings is 1. The number of carbonyl (C=O) groups is 1. The SMILES string of the molecule is O=C(Nc1ccc2ncccc2c1)N1CCCN(CCCN2CCCC2)CC1. The molecule has 2 aromatic rings. The minimum atomic E-state index is 0.00200. The van der Waals surface area contributed by atoms with E-state index in [9.17, 15) is 4.79 Å². The molecule has 2 amide bonds. The van der Waals surface area contributed by atoms with Crippen molar-refractivity contribution in [1.82, 2.24) is 19.7 Å². The summed E-state index contributed by atoms with van der Waals surface area (Å²) in [6.07, 6.45) is 6.79. The predicted octanol–water partition coefficient (Wildman–Crippen LogP) is 3.26. The molecule has 1 aromatic heterocycles. The molecule has 2 aliphatic heterocycles. The van der Waals surface area contributed by atoms with Crippen molar-refractivity contribution in [1.29, 1.82) is 0 Å². The molecular formula is C22H31N5O. The van der Waals surface area contributed by atoms with Crippen LogP contribution in [0.25, 0.3) is 10.9 Å². The third kappa shape index (κ3) is 5.00. The first kappa shape index (κ1) is 19.2. The van der Waals surface area contributed by atoms with Gasteiger partial charge in [0.25, 0.3) is 0 Å². The van der Waals surface area contributed by atoms with Gasteiger partial charge < -0.3 is 20.0 Å². The topological polar surface area (TPSA) is 51.7 Å². The lowest BCUT2D eigenvalue weighted by atomic mass is 10.2. The number of hydrogen-bond acceptors (Lipinski definition) is 4. The van der Waals surface area contributed by atoms with Crippen LogP contribution in [0.4, 0.5) is 10.5 Å². The molecule has 6 heteroatoms. The van der Waals surface area contributed by atoms with Gasteiger partial charge in [-0.1, -0.05) is 6.07 Å². The monoisotopic (exact) mass is 381 g/mol. The van der Waals surface area contributed by atoms with Crippen molar-refractivity contribution in [2.75, 3.05) is 57.7 Å². The average molecular weight is 382 g/mol. The second kappa shape index (κ2) is 9.34. The van der Waals surface area contributed by atoms with Gasteiger partial charge in [0.2, 0.25) is 0 Å². The zero-order valence-electron chi connectivity index (χ0n) is 16.6. The summed E-state index contributed by atoms with van der Waals surface area (Å²) in [6.45, 7) is 8.59. The molecular weight excluding hydrogens is 350 g/mol. The second-order valence-electron chi connectivity index (χ2n) is 7.93. The molecule has 0 bridgehead atoms. The molecule has 0 spiro atoms. The van der Waals surface area contributed by atoms with E-state index in [1.165, 1.54) is 38.9 Å². The molecule has 2 saturated heterocycles. The maximum absolute atomic E-state index is 12.7. The molecule has 150 valence electrons. The van der Waals surface area contributed by atoms with Gasteiger partial charge in [0.05, 0.1) is 5.52 Å². The summed E-state index contributed by atoms with van der Waals surface area (Å²) in [5.74, 6) is 0. The predicted molar refractivity (Wildman–Crippen MR) is 114 cm³/mol. The van der Waals surface area contributed by atoms with Crippen LogP contribution in [-0.2, 0) is 0 Å². The molecule has 2 fully saturated rings. The van der Waals surface area contributed by atoms with Crippen LogP contribution in [-0.4, -0.2) is 78.1 Å². The van der Waals surface area contributed by atoms with Crippen molar-refractivity contribution in [2.24, 2.45) is 0 Å². The van der Waals surface area contributed by atoms with E-state index in [4.69, 9.17) is 0 Å². The molecule has 0 unspecified atom stereocenters. The quantitative estimate of drug-likeness (QED) is 0.864. The fourth-order valence-corrected chi connectivity index (χ4v) is 4.28. The third-order valence-electron chi connectivity index (χ3n) is 5.88. The normalized spacial score (nSPS) is 19.1. The Balaban J connectivity index is 1.25. The Morgan fingerprint density at radius 3 is 2.57 bits per heavy atom. The summed E-state index contributed by atoms with van der Waals surface area (Å²) >= 11 is 0. The van der Waals surface area contributed by atoms with Crippen LogP contribution >= 0.6 is 0 Å². The molecule has 28 heavy (non-hydrogen) atoms. The van der Waals surface area contributed by atoms with Crippen molar-refractivity contribution < 1.29 is 4.79 Å². The number of hydrogen-bond donors (Lipinski definition) is 1. The highest BCUT2D eigenvalue weighted by Crippen LogP contribution is 2.18. The third-order valence-corrected chi connectivity index (χ3v) is 5.88. The molecule has 0 atom stereocenters. The Morgan fingerprint density at radius 2 is 1.71 bits per heavy atom. The van der Waals surface area contributed by atoms with E-state index in [2.05, 4.69) is 20.1 Å². The fraction of sp³-hybridized carbons (Fsp3) is 0.545. The summed E-state index contributed by atoms with van der Waals surface area (Å²) in [6, 6.07) is 9.81. The van der Waals surface area contributed by atoms with Gasteiger partial charge in [0.15, 0.2) is 0 Å². The van der Waals surface area contributed by atoms with Crippen molar-refractivity contribution in [3.05, 3.63) is 36.5 Å². The number of likely N-dealkylation sites (tertiary alicyclic amines) is 1. The van der Waals surface area contributed by atoms with Gasteiger partial charge in [-0.15, -0.1) is 0 Å². The average Bonchev–Trinajstić information content (AvgIpc) is 3.12. The Bertz CT molecular complexity index is 789. The van der Waals surface area contributed by atoms with Crippen LogP contribution in [0.5, 0.6) is 0 Å². The summed E-state index contributed by atoms with van der Waals surface area (Å²) in [5.41, 5.74) is 1.78. The van der Waals surface area contributed by atoms with Gasteiger partial charge in [0, 0.05) is 36.9 Å². The first-order valence-electron chi connectivity index (χ1n) is 10.6. The van der Waals surface area contributed by atoms with E-state index < -0.39 is 0 Å². The standard InChI is InChI=1S/C22H31N5O/c28-22(24-20-7-8-21-19(18-20)6-3-9-23-21)27-15-5-14-26(16-17-27)13-4-12-25-10-1-2-11-25/h3,6-9,18H,1-2,4-5,10-17H2,(H,24,28). The van der Waals surface area contributed by atoms with Crippen LogP contribution in [0.15, 0.2) is 36.5 Å². The maximum atomic E-state index is 12.7. The molecule has 1 N–H and O–H groups in total. The van der Waals surface area contributed by atoms with E-state index in [0.29, 0.717) is 0 Å². The van der Waals surface area contributed by atoms with Crippen molar-refractivity contribution in [3.63, 3.8) is 0 Å². The van der Waals surface area contributed by atoms with Crippen LogP contribution in [0, 0.1) is 0 Å². The Kier molecular flexibility index (Phi) is 6.39. The number of anilines is 1. The number of aromatic nitrogens is 1. The highest BCUT2D eigenvalue weighted by atomic mass is 16.2. The number of fused-ring (bicyclic) bond motifs is 1. The van der Waals surface area contributed by atoms with Crippen molar-refractivity contribution in [2.45, 2.75) is 25.7 Å². The highest BCUT2D eigenvalue weighted by Gasteiger charge is 2.19. The zero-order valence-corrected chi connectivity index (χ0v) is 16.6. The van der Waals surface area contributed by atoms with Gasteiger partial charge in [-0.2, -0.15) is 0 Å². The largest absolute Gasteiger partial charge is 0.323 e. The number of urea groups is 1. The molecule has 4 rings (SSSR count). The summed E-state index contributed by atoms with van der Waals surface area (Å²) in [7, 11) is 0. The highest BCUT2D eigenvalue weighted by molar-refractivity contribution is 5.92. The Morgan fingerprint density at radius 1 is 0.929 bits per heavy atom. The lowest BCUT2D eigenvalue weighted by molar-refractivity contribution is 0.210. The molecule has 0 saturated carbocycles. The number of nitrogens with zero attached hydrogens (tertiary/aromatic N) is 4. The van der Waals surface area contributed by atoms with Crippen LogP contribution < -0.4 is 5.32 Å². The summed E-state index contributed by atoms with van der Waals surface area (Å²) in [4.78, 5) is 24.1. The van der Waals surface area contributed by atoms with E-state index in [-0.39, 0.29) is 6.03 Å². The first-order chi connectivity index (χ1) is 13.8. The van der Waals surface area contributed by atoms with Gasteiger partial charge in [-0.25, -0.2) is 4.79 Å². The van der Waals surface area contributed by atoms with E-state index >= 15 is 0 Å². The first-order valence-corrected chi connectivity index (χ1v) is 10.6. The number of amides is 2. The summed E-state index contributed by atoms with van der Waals surface area (Å²) in [5, 5.41) is 4.10. The number of carbonyl (C=O) groups excluding carboxylic acids is 1. The minimum Gasteiger partial charge on any atom is -0.323 e. The van der Waals surface area contributed by atoms with Gasteiger partial charge in [0.1, 0.15) is 0 Å². The molecule has 6 nitrogen and oxygen atoms in total. The summed E-state index contributed by atoms with van der Waals surface area (Å²) < 4.78 is 0. The molecule has 1 aromatic carbocycles.